The molecule has 132 valence electrons. The van der Waals surface area contributed by atoms with Gasteiger partial charge in [0.25, 0.3) is 5.91 Å². The number of hydrogen-bond donors (Lipinski definition) is 3. The fraction of sp³-hybridized carbons (Fsp3) is 0.250. The van der Waals surface area contributed by atoms with Crippen LogP contribution in [0, 0.1) is 0 Å². The van der Waals surface area contributed by atoms with E-state index in [4.69, 9.17) is 0 Å². The first-order chi connectivity index (χ1) is 12.8. The summed E-state index contributed by atoms with van der Waals surface area (Å²) in [6.45, 7) is 1.52. The van der Waals surface area contributed by atoms with Crippen LogP contribution < -0.4 is 10.6 Å². The highest BCUT2D eigenvalue weighted by Gasteiger charge is 2.19. The number of carbonyl (C=O) groups is 1. The van der Waals surface area contributed by atoms with Crippen molar-refractivity contribution in [3.63, 3.8) is 0 Å². The van der Waals surface area contributed by atoms with Crippen LogP contribution in [0.5, 0.6) is 0 Å². The van der Waals surface area contributed by atoms with Crippen LogP contribution in [-0.4, -0.2) is 34.2 Å². The predicted octanol–water partition coefficient (Wildman–Crippen LogP) is 2.01. The molecule has 1 atom stereocenters. The van der Waals surface area contributed by atoms with Gasteiger partial charge >= 0.3 is 0 Å². The normalized spacial score (nSPS) is 16.1. The Kier molecular flexibility index (Phi) is 4.75. The highest BCUT2D eigenvalue weighted by molar-refractivity contribution is 5.94. The van der Waals surface area contributed by atoms with Crippen molar-refractivity contribution in [1.82, 2.24) is 25.8 Å². The Morgan fingerprint density at radius 2 is 2.00 bits per heavy atom. The first kappa shape index (κ1) is 16.5. The zero-order valence-electron chi connectivity index (χ0n) is 14.4. The lowest BCUT2D eigenvalue weighted by Crippen LogP contribution is -2.38. The largest absolute Gasteiger partial charge is 0.350 e. The molecule has 6 heteroatoms. The summed E-state index contributed by atoms with van der Waals surface area (Å²) in [5, 5.41) is 13.2. The number of aromatic amines is 1. The topological polar surface area (TPSA) is 82.7 Å². The van der Waals surface area contributed by atoms with Gasteiger partial charge in [0.1, 0.15) is 12.2 Å². The molecular weight excluding hydrogens is 326 g/mol. The number of amides is 1. The van der Waals surface area contributed by atoms with Crippen LogP contribution in [-0.2, 0) is 12.8 Å². The Balaban J connectivity index is 1.37. The number of rotatable bonds is 5. The first-order valence-electron chi connectivity index (χ1n) is 8.82. The zero-order chi connectivity index (χ0) is 17.8. The van der Waals surface area contributed by atoms with Gasteiger partial charge in [-0.1, -0.05) is 36.4 Å². The lowest BCUT2D eigenvalue weighted by atomic mass is 9.94. The second-order valence-corrected chi connectivity index (χ2v) is 6.47. The molecule has 2 aromatic carbocycles. The summed E-state index contributed by atoms with van der Waals surface area (Å²) in [6.07, 6.45) is 3.20. The highest BCUT2D eigenvalue weighted by Crippen LogP contribution is 2.22. The Morgan fingerprint density at radius 1 is 1.15 bits per heavy atom. The van der Waals surface area contributed by atoms with Gasteiger partial charge in [-0.25, -0.2) is 4.98 Å². The molecule has 0 radical (unpaired) electrons. The summed E-state index contributed by atoms with van der Waals surface area (Å²) < 4.78 is 0. The Bertz CT molecular complexity index is 873. The number of H-pyrrole nitrogens is 1. The molecular formula is C20H21N5O. The fourth-order valence-corrected chi connectivity index (χ4v) is 3.36. The van der Waals surface area contributed by atoms with Crippen molar-refractivity contribution in [2.45, 2.75) is 18.9 Å². The van der Waals surface area contributed by atoms with Crippen LogP contribution in [0.3, 0.4) is 0 Å². The van der Waals surface area contributed by atoms with Crippen molar-refractivity contribution in [2.75, 3.05) is 13.1 Å². The van der Waals surface area contributed by atoms with Gasteiger partial charge in [-0.2, -0.15) is 5.10 Å². The molecule has 1 amide bonds. The fourth-order valence-electron chi connectivity index (χ4n) is 3.36. The maximum absolute atomic E-state index is 12.5. The number of aromatic nitrogens is 3. The predicted molar refractivity (Wildman–Crippen MR) is 98.9 cm³/mol. The summed E-state index contributed by atoms with van der Waals surface area (Å²) in [4.78, 5) is 16.6. The van der Waals surface area contributed by atoms with E-state index >= 15 is 0 Å². The second kappa shape index (κ2) is 7.49. The van der Waals surface area contributed by atoms with E-state index in [1.54, 1.807) is 0 Å². The van der Waals surface area contributed by atoms with Crippen LogP contribution >= 0.6 is 0 Å². The molecule has 3 N–H and O–H groups in total. The van der Waals surface area contributed by atoms with Gasteiger partial charge in [-0.15, -0.1) is 0 Å². The highest BCUT2D eigenvalue weighted by atomic mass is 16.1. The van der Waals surface area contributed by atoms with Gasteiger partial charge in [-0.3, -0.25) is 9.89 Å². The van der Waals surface area contributed by atoms with Gasteiger partial charge in [0.2, 0.25) is 0 Å². The third kappa shape index (κ3) is 3.65. The molecule has 0 fully saturated rings. The third-order valence-corrected chi connectivity index (χ3v) is 4.73. The summed E-state index contributed by atoms with van der Waals surface area (Å²) >= 11 is 0. The Morgan fingerprint density at radius 3 is 2.81 bits per heavy atom. The number of hydrogen-bond acceptors (Lipinski definition) is 4. The molecule has 0 saturated carbocycles. The monoisotopic (exact) mass is 347 g/mol. The van der Waals surface area contributed by atoms with Crippen LogP contribution in [0.25, 0.3) is 0 Å². The molecule has 3 aromatic rings. The minimum Gasteiger partial charge on any atom is -0.350 e. The average Bonchev–Trinajstić information content (AvgIpc) is 3.19. The van der Waals surface area contributed by atoms with E-state index in [1.165, 1.54) is 17.5 Å². The summed E-state index contributed by atoms with van der Waals surface area (Å²) in [5.74, 6) is 0.755. The minimum atomic E-state index is -0.0546. The number of carbonyl (C=O) groups excluding carboxylic acids is 1. The molecule has 26 heavy (non-hydrogen) atoms. The van der Waals surface area contributed by atoms with E-state index in [0.717, 1.165) is 24.4 Å². The van der Waals surface area contributed by atoms with Gasteiger partial charge in [-0.05, 0) is 41.8 Å². The molecule has 6 nitrogen and oxygen atoms in total. The van der Waals surface area contributed by atoms with Crippen molar-refractivity contribution < 1.29 is 4.79 Å². The second-order valence-electron chi connectivity index (χ2n) is 6.47. The van der Waals surface area contributed by atoms with Gasteiger partial charge in [0, 0.05) is 24.6 Å². The van der Waals surface area contributed by atoms with Crippen molar-refractivity contribution in [2.24, 2.45) is 0 Å². The molecule has 2 heterocycles. The number of nitrogens with zero attached hydrogens (tertiary/aromatic N) is 2. The molecule has 1 aromatic heterocycles. The minimum absolute atomic E-state index is 0.0546. The van der Waals surface area contributed by atoms with Crippen LogP contribution in [0.4, 0.5) is 0 Å². The maximum Gasteiger partial charge on any atom is 0.251 e. The maximum atomic E-state index is 12.5. The molecule has 4 rings (SSSR count). The number of nitrogens with one attached hydrogen (secondary N) is 3. The van der Waals surface area contributed by atoms with Crippen molar-refractivity contribution in [3.8, 4) is 0 Å². The van der Waals surface area contributed by atoms with Gasteiger partial charge in [0.05, 0.1) is 0 Å². The van der Waals surface area contributed by atoms with E-state index in [-0.39, 0.29) is 11.9 Å². The van der Waals surface area contributed by atoms with Crippen LogP contribution in [0.1, 0.15) is 38.9 Å². The molecule has 0 bridgehead atoms. The van der Waals surface area contributed by atoms with E-state index in [0.29, 0.717) is 18.5 Å². The SMILES string of the molecule is O=C(NCC1NCCc2ccccc21)c1ccc(Cc2ncn[nH]2)cc1. The molecule has 0 aliphatic carbocycles. The quantitative estimate of drug-likeness (QED) is 0.659. The lowest BCUT2D eigenvalue weighted by Gasteiger charge is -2.27. The van der Waals surface area contributed by atoms with Crippen LogP contribution in [0.2, 0.25) is 0 Å². The molecule has 0 saturated heterocycles. The van der Waals surface area contributed by atoms with Crippen molar-refractivity contribution >= 4 is 5.91 Å². The standard InChI is InChI=1S/C20H21N5O/c26-20(16-7-5-14(6-8-16)11-19-23-13-24-25-19)22-12-18-17-4-2-1-3-15(17)9-10-21-18/h1-8,13,18,21H,9-12H2,(H,22,26)(H,23,24,25). The Labute approximate surface area is 152 Å². The lowest BCUT2D eigenvalue weighted by molar-refractivity contribution is 0.0949. The van der Waals surface area contributed by atoms with Gasteiger partial charge < -0.3 is 10.6 Å². The van der Waals surface area contributed by atoms with E-state index < -0.39 is 0 Å². The van der Waals surface area contributed by atoms with Crippen molar-refractivity contribution in [1.29, 1.82) is 0 Å². The molecule has 1 aliphatic rings. The molecule has 0 spiro atoms. The van der Waals surface area contributed by atoms with Crippen molar-refractivity contribution in [3.05, 3.63) is 82.9 Å². The van der Waals surface area contributed by atoms with E-state index in [2.05, 4.69) is 44.0 Å². The Hall–Kier alpha value is -2.99. The van der Waals surface area contributed by atoms with E-state index in [1.807, 2.05) is 30.3 Å². The van der Waals surface area contributed by atoms with E-state index in [9.17, 15) is 4.79 Å². The van der Waals surface area contributed by atoms with Crippen LogP contribution in [0.15, 0.2) is 54.9 Å². The zero-order valence-corrected chi connectivity index (χ0v) is 14.4. The first-order valence-corrected chi connectivity index (χ1v) is 8.82. The summed E-state index contributed by atoms with van der Waals surface area (Å²) in [6, 6.07) is 16.2. The smallest absolute Gasteiger partial charge is 0.251 e. The number of fused-ring (bicyclic) bond motifs is 1. The molecule has 1 unspecified atom stereocenters. The number of benzene rings is 2. The summed E-state index contributed by atoms with van der Waals surface area (Å²) in [7, 11) is 0. The third-order valence-electron chi connectivity index (χ3n) is 4.73. The van der Waals surface area contributed by atoms with Gasteiger partial charge in [0.15, 0.2) is 0 Å². The summed E-state index contributed by atoms with van der Waals surface area (Å²) in [5.41, 5.74) is 4.39. The average molecular weight is 347 g/mol. The molecule has 1 aliphatic heterocycles.